The van der Waals surface area contributed by atoms with E-state index in [9.17, 15) is 19.8 Å². The first-order valence-corrected chi connectivity index (χ1v) is 15.8. The first-order valence-electron chi connectivity index (χ1n) is 15.5. The number of methoxy groups -OCH3 is 1. The number of allylic oxidation sites excluding steroid dienone is 1. The summed E-state index contributed by atoms with van der Waals surface area (Å²) in [5.74, 6) is -0.678. The monoisotopic (exact) mass is 620 g/mol. The van der Waals surface area contributed by atoms with E-state index in [1.807, 2.05) is 25.1 Å². The van der Waals surface area contributed by atoms with Gasteiger partial charge in [-0.15, -0.1) is 0 Å². The van der Waals surface area contributed by atoms with Gasteiger partial charge in [0, 0.05) is 42.5 Å². The second kappa shape index (κ2) is 11.9. The average molecular weight is 621 g/mol. The number of esters is 1. The number of aryl methyl sites for hydroxylation is 1. The van der Waals surface area contributed by atoms with E-state index in [0.717, 1.165) is 42.0 Å². The predicted molar refractivity (Wildman–Crippen MR) is 169 cm³/mol. The van der Waals surface area contributed by atoms with Crippen LogP contribution in [0.15, 0.2) is 60.2 Å². The maximum absolute atomic E-state index is 13.4. The van der Waals surface area contributed by atoms with Crippen LogP contribution in [0, 0.1) is 5.92 Å². The van der Waals surface area contributed by atoms with Gasteiger partial charge in [-0.25, -0.2) is 4.79 Å². The Labute approximate surface area is 263 Å². The van der Waals surface area contributed by atoms with Crippen molar-refractivity contribution in [3.63, 3.8) is 0 Å². The van der Waals surface area contributed by atoms with Crippen LogP contribution in [0.5, 0.6) is 5.75 Å². The number of hydrogen-bond acceptors (Lipinski definition) is 7. The van der Waals surface area contributed by atoms with Crippen LogP contribution in [-0.4, -0.2) is 73.0 Å². The standard InChI is InChI=1S/C35H41ClN2O6/c1-22-6-4-8-30(39)27-12-9-24(27)19-38-20-34(15-5-7-23-16-26(36)11-13-28(23)34)21-44-31-14-10-25(17-29(31)38)35(42,33(41)43-3)18-32(40)37(22)2/h4,8-11,13-14,16-17,22,27,30,39,42H,5-7,12,15,18-21H2,1-3H3/b8-4+/t22-,27+,30-,34-,35-/m0/s1. The molecule has 0 fully saturated rings. The highest BCUT2D eigenvalue weighted by atomic mass is 35.5. The summed E-state index contributed by atoms with van der Waals surface area (Å²) < 4.78 is 11.6. The summed E-state index contributed by atoms with van der Waals surface area (Å²) >= 11 is 6.40. The zero-order valence-corrected chi connectivity index (χ0v) is 26.3. The molecule has 0 unspecified atom stereocenters. The van der Waals surface area contributed by atoms with E-state index < -0.39 is 30.0 Å². The number of aliphatic hydroxyl groups excluding tert-OH is 1. The fourth-order valence-electron chi connectivity index (χ4n) is 7.29. The van der Waals surface area contributed by atoms with Gasteiger partial charge < -0.3 is 29.5 Å². The lowest BCUT2D eigenvalue weighted by atomic mass is 9.70. The zero-order chi connectivity index (χ0) is 31.2. The summed E-state index contributed by atoms with van der Waals surface area (Å²) in [4.78, 5) is 30.4. The molecule has 6 rings (SSSR count). The number of carbonyl (C=O) groups is 2. The maximum atomic E-state index is 13.4. The number of halogens is 1. The summed E-state index contributed by atoms with van der Waals surface area (Å²) in [5.41, 5.74) is 2.07. The number of carbonyl (C=O) groups excluding carboxylic acids is 2. The van der Waals surface area contributed by atoms with Crippen molar-refractivity contribution in [1.82, 2.24) is 4.90 Å². The molecule has 2 aliphatic carbocycles. The van der Waals surface area contributed by atoms with Gasteiger partial charge in [-0.2, -0.15) is 0 Å². The van der Waals surface area contributed by atoms with Crippen molar-refractivity contribution in [2.45, 2.75) is 68.6 Å². The summed E-state index contributed by atoms with van der Waals surface area (Å²) in [5, 5.41) is 23.8. The molecule has 0 aromatic heterocycles. The third-order valence-corrected chi connectivity index (χ3v) is 10.4. The largest absolute Gasteiger partial charge is 0.490 e. The summed E-state index contributed by atoms with van der Waals surface area (Å²) in [6.45, 7) is 3.54. The van der Waals surface area contributed by atoms with Gasteiger partial charge in [0.1, 0.15) is 5.75 Å². The summed E-state index contributed by atoms with van der Waals surface area (Å²) in [6, 6.07) is 11.1. The molecule has 5 atom stereocenters. The van der Waals surface area contributed by atoms with E-state index in [2.05, 4.69) is 23.1 Å². The molecule has 2 heterocycles. The van der Waals surface area contributed by atoms with Gasteiger partial charge in [0.25, 0.3) is 0 Å². The van der Waals surface area contributed by atoms with Crippen LogP contribution in [-0.2, 0) is 31.8 Å². The number of amides is 1. The molecule has 4 aliphatic rings. The van der Waals surface area contributed by atoms with Crippen LogP contribution < -0.4 is 9.64 Å². The quantitative estimate of drug-likeness (QED) is 0.353. The molecular weight excluding hydrogens is 580 g/mol. The Morgan fingerprint density at radius 3 is 2.75 bits per heavy atom. The van der Waals surface area contributed by atoms with Gasteiger partial charge in [0.05, 0.1) is 31.9 Å². The Morgan fingerprint density at radius 1 is 1.18 bits per heavy atom. The second-order valence-corrected chi connectivity index (χ2v) is 13.4. The van der Waals surface area contributed by atoms with Crippen LogP contribution in [0.25, 0.3) is 0 Å². The SMILES string of the molecule is COC(=O)[C@]1(O)CC(=O)N(C)[C@@H](C)C/C=C/[C@H](O)[C@@H]2CC=C2CN2C[C@@]3(CCCc4cc(Cl)ccc43)COc3ccc1cc32. The topological polar surface area (TPSA) is 99.5 Å². The number of anilines is 1. The van der Waals surface area contributed by atoms with Crippen molar-refractivity contribution in [3.8, 4) is 5.75 Å². The molecule has 2 N–H and O–H groups in total. The van der Waals surface area contributed by atoms with E-state index in [4.69, 9.17) is 21.1 Å². The molecule has 2 aromatic carbocycles. The van der Waals surface area contributed by atoms with Gasteiger partial charge in [-0.1, -0.05) is 42.0 Å². The van der Waals surface area contributed by atoms with E-state index in [1.54, 1.807) is 25.2 Å². The fraction of sp³-hybridized carbons (Fsp3) is 0.486. The molecule has 0 radical (unpaired) electrons. The van der Waals surface area contributed by atoms with Crippen molar-refractivity contribution >= 4 is 29.2 Å². The normalized spacial score (nSPS) is 31.1. The van der Waals surface area contributed by atoms with Gasteiger partial charge in [-0.05, 0) is 85.6 Å². The molecular formula is C35H41ClN2O6. The fourth-order valence-corrected chi connectivity index (χ4v) is 7.48. The highest BCUT2D eigenvalue weighted by Crippen LogP contribution is 2.46. The first-order chi connectivity index (χ1) is 21.0. The van der Waals surface area contributed by atoms with E-state index in [-0.39, 0.29) is 22.9 Å². The lowest BCUT2D eigenvalue weighted by Crippen LogP contribution is -2.47. The second-order valence-electron chi connectivity index (χ2n) is 12.9. The minimum Gasteiger partial charge on any atom is -0.490 e. The predicted octanol–water partition coefficient (Wildman–Crippen LogP) is 4.68. The van der Waals surface area contributed by atoms with Crippen molar-refractivity contribution in [1.29, 1.82) is 0 Å². The number of hydrogen-bond donors (Lipinski definition) is 2. The summed E-state index contributed by atoms with van der Waals surface area (Å²) in [7, 11) is 2.87. The van der Waals surface area contributed by atoms with Gasteiger partial charge in [-0.3, -0.25) is 4.79 Å². The minimum absolute atomic E-state index is 0.0231. The van der Waals surface area contributed by atoms with Crippen LogP contribution in [0.3, 0.4) is 0 Å². The van der Waals surface area contributed by atoms with Crippen molar-refractivity contribution in [2.75, 3.05) is 38.8 Å². The Morgan fingerprint density at radius 2 is 2.00 bits per heavy atom. The molecule has 0 saturated carbocycles. The number of benzene rings is 2. The van der Waals surface area contributed by atoms with Crippen LogP contribution in [0.4, 0.5) is 5.69 Å². The molecule has 1 amide bonds. The minimum atomic E-state index is -2.19. The van der Waals surface area contributed by atoms with Crippen molar-refractivity contribution < 1.29 is 29.3 Å². The van der Waals surface area contributed by atoms with Crippen LogP contribution >= 0.6 is 11.6 Å². The lowest BCUT2D eigenvalue weighted by molar-refractivity contribution is -0.168. The Kier molecular flexibility index (Phi) is 8.28. The third-order valence-electron chi connectivity index (χ3n) is 10.2. The van der Waals surface area contributed by atoms with Gasteiger partial charge >= 0.3 is 5.97 Å². The molecule has 2 bridgehead atoms. The maximum Gasteiger partial charge on any atom is 0.343 e. The number of rotatable bonds is 1. The molecule has 2 aromatic rings. The Balaban J connectivity index is 1.48. The van der Waals surface area contributed by atoms with Crippen LogP contribution in [0.1, 0.15) is 55.7 Å². The lowest BCUT2D eigenvalue weighted by Gasteiger charge is -2.42. The number of aliphatic hydroxyl groups is 2. The Bertz CT molecular complexity index is 1520. The number of fused-ring (bicyclic) bond motifs is 4. The van der Waals surface area contributed by atoms with Gasteiger partial charge in [0.2, 0.25) is 5.91 Å². The van der Waals surface area contributed by atoms with E-state index in [1.165, 1.54) is 23.1 Å². The summed E-state index contributed by atoms with van der Waals surface area (Å²) in [6.07, 6.45) is 8.98. The molecule has 8 nitrogen and oxygen atoms in total. The third kappa shape index (κ3) is 5.41. The molecule has 234 valence electrons. The number of nitrogens with zero attached hydrogens (tertiary/aromatic N) is 2. The highest BCUT2D eigenvalue weighted by Gasteiger charge is 2.46. The average Bonchev–Trinajstić information content (AvgIpc) is 3.14. The Hall–Kier alpha value is -3.33. The molecule has 1 spiro atoms. The molecule has 9 heteroatoms. The van der Waals surface area contributed by atoms with Gasteiger partial charge in [0.15, 0.2) is 5.60 Å². The molecule has 0 saturated heterocycles. The van der Waals surface area contributed by atoms with E-state index >= 15 is 0 Å². The first kappa shape index (κ1) is 30.7. The van der Waals surface area contributed by atoms with E-state index in [0.29, 0.717) is 31.9 Å². The van der Waals surface area contributed by atoms with Crippen LogP contribution in [0.2, 0.25) is 5.02 Å². The highest BCUT2D eigenvalue weighted by molar-refractivity contribution is 6.30. The van der Waals surface area contributed by atoms with Crippen molar-refractivity contribution in [2.24, 2.45) is 5.92 Å². The van der Waals surface area contributed by atoms with Crippen molar-refractivity contribution in [3.05, 3.63) is 81.9 Å². The molecule has 2 aliphatic heterocycles. The number of ether oxygens (including phenoxy) is 2. The zero-order valence-electron chi connectivity index (χ0n) is 25.6. The smallest absolute Gasteiger partial charge is 0.343 e. The molecule has 44 heavy (non-hydrogen) atoms.